The second kappa shape index (κ2) is 6.18. The summed E-state index contributed by atoms with van der Waals surface area (Å²) < 4.78 is 0. The Morgan fingerprint density at radius 3 is 2.91 bits per heavy atom. The fraction of sp³-hybridized carbons (Fsp3) is 0.188. The van der Waals surface area contributed by atoms with E-state index >= 15 is 0 Å². The molecule has 0 saturated heterocycles. The first-order valence-corrected chi connectivity index (χ1v) is 7.85. The van der Waals surface area contributed by atoms with Crippen LogP contribution in [0.5, 0.6) is 0 Å². The van der Waals surface area contributed by atoms with Crippen molar-refractivity contribution in [2.45, 2.75) is 19.5 Å². The van der Waals surface area contributed by atoms with Crippen LogP contribution in [-0.2, 0) is 6.54 Å². The van der Waals surface area contributed by atoms with E-state index in [0.717, 1.165) is 16.8 Å². The largest absolute Gasteiger partial charge is 0.355 e. The maximum absolute atomic E-state index is 12.0. The molecule has 2 aromatic rings. The number of nitrogens with one attached hydrogen (secondary N) is 2. The molecule has 7 heteroatoms. The molecule has 0 unspecified atom stereocenters. The van der Waals surface area contributed by atoms with E-state index in [1.54, 1.807) is 6.20 Å². The third kappa shape index (κ3) is 2.90. The fourth-order valence-corrected chi connectivity index (χ4v) is 3.02. The first-order chi connectivity index (χ1) is 11.0. The van der Waals surface area contributed by atoms with Gasteiger partial charge in [-0.25, -0.2) is 0 Å². The second-order valence-corrected chi connectivity index (χ2v) is 6.00. The fourth-order valence-electron chi connectivity index (χ4n) is 2.67. The predicted molar refractivity (Wildman–Crippen MR) is 94.6 cm³/mol. The lowest BCUT2D eigenvalue weighted by Crippen LogP contribution is -2.41. The molecular weight excluding hydrogens is 332 g/mol. The lowest BCUT2D eigenvalue weighted by molar-refractivity contribution is 0.0957. The van der Waals surface area contributed by atoms with Gasteiger partial charge in [0.2, 0.25) is 0 Å². The topological polar surface area (TPSA) is 74.2 Å². The molecule has 1 aromatic carbocycles. The van der Waals surface area contributed by atoms with Gasteiger partial charge in [-0.05, 0) is 53.5 Å². The van der Waals surface area contributed by atoms with Gasteiger partial charge in [-0.3, -0.25) is 10.1 Å². The summed E-state index contributed by atoms with van der Waals surface area (Å²) in [7, 11) is 0. The van der Waals surface area contributed by atoms with Crippen LogP contribution in [0.2, 0.25) is 5.02 Å². The van der Waals surface area contributed by atoms with Crippen molar-refractivity contribution < 1.29 is 4.79 Å². The molecule has 23 heavy (non-hydrogen) atoms. The highest BCUT2D eigenvalue weighted by molar-refractivity contribution is 7.78. The number of hydrogen-bond acceptors (Lipinski definition) is 4. The van der Waals surface area contributed by atoms with Gasteiger partial charge in [0.15, 0.2) is 5.82 Å². The maximum atomic E-state index is 12.0. The van der Waals surface area contributed by atoms with E-state index in [0.29, 0.717) is 23.1 Å². The number of fused-ring (bicyclic) bond motifs is 1. The van der Waals surface area contributed by atoms with Gasteiger partial charge in [-0.2, -0.15) is 0 Å². The molecule has 118 valence electrons. The van der Waals surface area contributed by atoms with Crippen LogP contribution in [0.3, 0.4) is 0 Å². The molecule has 1 aliphatic rings. The normalized spacial score (nSPS) is 15.0. The third-order valence-electron chi connectivity index (χ3n) is 3.77. The number of H-pyrrole nitrogens is 1. The Kier molecular flexibility index (Phi) is 4.24. The van der Waals surface area contributed by atoms with Crippen molar-refractivity contribution in [2.75, 3.05) is 4.90 Å². The molecule has 0 aliphatic carbocycles. The number of halogens is 1. The first-order valence-electron chi connectivity index (χ1n) is 7.06. The smallest absolute Gasteiger partial charge is 0.275 e. The van der Waals surface area contributed by atoms with Crippen LogP contribution in [0.4, 0.5) is 5.69 Å². The van der Waals surface area contributed by atoms with Gasteiger partial charge in [0.05, 0.1) is 12.2 Å². The van der Waals surface area contributed by atoms with Gasteiger partial charge in [0, 0.05) is 17.3 Å². The first kappa shape index (κ1) is 15.8. The van der Waals surface area contributed by atoms with Gasteiger partial charge >= 0.3 is 0 Å². The van der Waals surface area contributed by atoms with Crippen LogP contribution in [0, 0.1) is 0 Å². The van der Waals surface area contributed by atoms with Gasteiger partial charge < -0.3 is 15.6 Å². The Morgan fingerprint density at radius 1 is 1.43 bits per heavy atom. The molecule has 3 rings (SSSR count). The summed E-state index contributed by atoms with van der Waals surface area (Å²) in [6.45, 7) is 2.41. The Labute approximate surface area is 144 Å². The van der Waals surface area contributed by atoms with Gasteiger partial charge in [0.25, 0.3) is 5.91 Å². The highest BCUT2D eigenvalue weighted by Crippen LogP contribution is 2.30. The number of rotatable bonds is 3. The second-order valence-electron chi connectivity index (χ2n) is 5.36. The van der Waals surface area contributed by atoms with Crippen molar-refractivity contribution >= 4 is 40.4 Å². The van der Waals surface area contributed by atoms with Crippen molar-refractivity contribution in [3.63, 3.8) is 0 Å². The lowest BCUT2D eigenvalue weighted by atomic mass is 10.0. The molecule has 0 radical (unpaired) electrons. The minimum Gasteiger partial charge on any atom is -0.355 e. The molecule has 0 saturated carbocycles. The maximum Gasteiger partial charge on any atom is 0.275 e. The Balaban J connectivity index is 2.04. The molecule has 2 heterocycles. The number of carbonyl (C=O) groups excluding carboxylic acids is 1. The van der Waals surface area contributed by atoms with Crippen LogP contribution >= 0.6 is 23.8 Å². The van der Waals surface area contributed by atoms with Crippen molar-refractivity contribution in [1.29, 1.82) is 0 Å². The van der Waals surface area contributed by atoms with Crippen molar-refractivity contribution in [2.24, 2.45) is 5.73 Å². The average molecular weight is 347 g/mol. The molecule has 1 atom stereocenters. The van der Waals surface area contributed by atoms with Crippen LogP contribution in [0.15, 0.2) is 36.3 Å². The number of aromatic nitrogens is 1. The number of amides is 1. The Morgan fingerprint density at radius 2 is 2.22 bits per heavy atom. The van der Waals surface area contributed by atoms with Crippen LogP contribution in [0.1, 0.15) is 34.6 Å². The summed E-state index contributed by atoms with van der Waals surface area (Å²) in [6, 6.07) is 7.30. The third-order valence-corrected chi connectivity index (χ3v) is 4.20. The zero-order valence-corrected chi connectivity index (χ0v) is 14.0. The number of carbonyl (C=O) groups is 1. The summed E-state index contributed by atoms with van der Waals surface area (Å²) in [5.41, 5.74) is 9.27. The average Bonchev–Trinajstić information content (AvgIpc) is 3.01. The van der Waals surface area contributed by atoms with Crippen molar-refractivity contribution in [3.8, 4) is 0 Å². The summed E-state index contributed by atoms with van der Waals surface area (Å²) in [6.07, 6.45) is 1.72. The van der Waals surface area contributed by atoms with E-state index in [1.165, 1.54) is 0 Å². The van der Waals surface area contributed by atoms with Crippen LogP contribution < -0.4 is 16.0 Å². The summed E-state index contributed by atoms with van der Waals surface area (Å²) in [5, 5.41) is 6.00. The van der Waals surface area contributed by atoms with Crippen LogP contribution in [-0.4, -0.2) is 15.9 Å². The molecule has 1 amide bonds. The van der Waals surface area contributed by atoms with E-state index in [-0.39, 0.29) is 11.9 Å². The van der Waals surface area contributed by atoms with Gasteiger partial charge in [0.1, 0.15) is 5.69 Å². The van der Waals surface area contributed by atoms with E-state index < -0.39 is 0 Å². The predicted octanol–water partition coefficient (Wildman–Crippen LogP) is 2.88. The Hall–Kier alpha value is -2.11. The summed E-state index contributed by atoms with van der Waals surface area (Å²) in [5.74, 6) is 0.222. The summed E-state index contributed by atoms with van der Waals surface area (Å²) in [4.78, 5) is 16.9. The van der Waals surface area contributed by atoms with E-state index in [1.807, 2.05) is 36.1 Å². The van der Waals surface area contributed by atoms with Crippen molar-refractivity contribution in [3.05, 3.63) is 58.1 Å². The number of hydrogen-bond donors (Lipinski definition) is 3. The zero-order chi connectivity index (χ0) is 16.6. The minimum absolute atomic E-state index is 0.159. The zero-order valence-electron chi connectivity index (χ0n) is 12.4. The molecule has 5 nitrogen and oxygen atoms in total. The Bertz CT molecular complexity index is 823. The molecule has 4 N–H and O–H groups in total. The number of aromatic amines is 1. The van der Waals surface area contributed by atoms with Gasteiger partial charge in [-0.1, -0.05) is 17.7 Å². The highest BCUT2D eigenvalue weighted by Gasteiger charge is 2.28. The highest BCUT2D eigenvalue weighted by atomic mass is 35.5. The number of thiocarbonyl (C=S) groups is 1. The van der Waals surface area contributed by atoms with Crippen molar-refractivity contribution in [1.82, 2.24) is 10.3 Å². The molecular formula is C16H15ClN4OS. The molecule has 0 spiro atoms. The quantitative estimate of drug-likeness (QED) is 0.747. The monoisotopic (exact) mass is 346 g/mol. The SMILES string of the molecule is C[C@@H](N)c1cc(Cl)ccc1CN1C(=C=S)NC(=O)c2[nH]ccc21. The molecule has 1 aromatic heterocycles. The number of benzene rings is 1. The number of anilines is 1. The molecule has 1 aliphatic heterocycles. The molecule has 0 bridgehead atoms. The number of nitrogens with two attached hydrogens (primary N) is 1. The van der Waals surface area contributed by atoms with Crippen LogP contribution in [0.25, 0.3) is 0 Å². The summed E-state index contributed by atoms with van der Waals surface area (Å²) >= 11 is 11.0. The molecule has 0 fully saturated rings. The number of nitrogens with zero attached hydrogens (tertiary/aromatic N) is 1. The van der Waals surface area contributed by atoms with Gasteiger partial charge in [-0.15, -0.1) is 0 Å². The van der Waals surface area contributed by atoms with E-state index in [4.69, 9.17) is 29.6 Å². The van der Waals surface area contributed by atoms with E-state index in [2.05, 4.69) is 15.3 Å². The van der Waals surface area contributed by atoms with E-state index in [9.17, 15) is 4.79 Å². The minimum atomic E-state index is -0.225. The lowest BCUT2D eigenvalue weighted by Gasteiger charge is -2.30. The standard InChI is InChI=1S/C16H15ClN4OS/c1-9(18)12-6-11(17)3-2-10(12)7-21-13-4-5-19-15(13)16(22)20-14(21)8-23/h2-6,9,19H,7,18H2,1H3,(H,20,22)/t9-/m1/s1.